The summed E-state index contributed by atoms with van der Waals surface area (Å²) < 4.78 is 25.1. The van der Waals surface area contributed by atoms with Gasteiger partial charge in [-0.1, -0.05) is 27.4 Å². The molecule has 0 aliphatic rings. The van der Waals surface area contributed by atoms with Crippen LogP contribution in [0.25, 0.3) is 12.4 Å². The molecule has 0 atom stereocenters. The highest BCUT2D eigenvalue weighted by molar-refractivity contribution is 5.72. The minimum Gasteiger partial charge on any atom is -0.491 e. The summed E-state index contributed by atoms with van der Waals surface area (Å²) in [6.07, 6.45) is 4.13. The highest BCUT2D eigenvalue weighted by atomic mass is 19.1. The number of nitrogens with one attached hydrogen (secondary N) is 3. The van der Waals surface area contributed by atoms with E-state index in [0.717, 1.165) is 37.0 Å². The van der Waals surface area contributed by atoms with Crippen LogP contribution in [-0.2, 0) is 14.3 Å². The average molecular weight is 531 g/mol. The molecule has 0 saturated carbocycles. The molecule has 0 radical (unpaired) electrons. The van der Waals surface area contributed by atoms with Crippen molar-refractivity contribution in [3.63, 3.8) is 0 Å². The number of ether oxygens (including phenoxy) is 2. The first kappa shape index (κ1) is 34.3. The van der Waals surface area contributed by atoms with Crippen LogP contribution >= 0.6 is 0 Å². The van der Waals surface area contributed by atoms with E-state index in [1.807, 2.05) is 31.3 Å². The van der Waals surface area contributed by atoms with E-state index in [1.54, 1.807) is 26.3 Å². The molecule has 9 heteroatoms. The minimum absolute atomic E-state index is 0.305. The van der Waals surface area contributed by atoms with E-state index in [4.69, 9.17) is 14.3 Å². The number of methoxy groups -OCH3 is 1. The molecule has 0 heterocycles. The molecule has 0 aliphatic heterocycles. The van der Waals surface area contributed by atoms with Crippen LogP contribution in [0.4, 0.5) is 15.8 Å². The van der Waals surface area contributed by atoms with Gasteiger partial charge in [-0.2, -0.15) is 0 Å². The van der Waals surface area contributed by atoms with Gasteiger partial charge >= 0.3 is 0 Å². The van der Waals surface area contributed by atoms with Gasteiger partial charge in [0.25, 0.3) is 0 Å². The van der Waals surface area contributed by atoms with Crippen molar-refractivity contribution in [1.82, 2.24) is 5.32 Å². The first-order valence-electron chi connectivity index (χ1n) is 12.3. The van der Waals surface area contributed by atoms with Crippen molar-refractivity contribution >= 4 is 42.7 Å². The van der Waals surface area contributed by atoms with E-state index in [2.05, 4.69) is 48.3 Å². The van der Waals surface area contributed by atoms with Crippen LogP contribution in [0.5, 0.6) is 5.75 Å². The Labute approximate surface area is 226 Å². The second kappa shape index (κ2) is 19.4. The second-order valence-electron chi connectivity index (χ2n) is 9.09. The Kier molecular flexibility index (Phi) is 17.5. The van der Waals surface area contributed by atoms with Gasteiger partial charge in [0.05, 0.1) is 11.8 Å². The lowest BCUT2D eigenvalue weighted by Crippen LogP contribution is -2.31. The van der Waals surface area contributed by atoms with E-state index < -0.39 is 5.82 Å². The third-order valence-corrected chi connectivity index (χ3v) is 4.74. The fourth-order valence-corrected chi connectivity index (χ4v) is 2.88. The van der Waals surface area contributed by atoms with Gasteiger partial charge in [-0.3, -0.25) is 4.79 Å². The summed E-state index contributed by atoms with van der Waals surface area (Å²) in [4.78, 5) is 22.9. The van der Waals surface area contributed by atoms with Crippen molar-refractivity contribution < 1.29 is 23.5 Å². The molecule has 8 nitrogen and oxygen atoms in total. The number of nitrogens with zero attached hydrogens (tertiary/aromatic N) is 1. The summed E-state index contributed by atoms with van der Waals surface area (Å²) in [6, 6.07) is 10.6. The van der Waals surface area contributed by atoms with Crippen LogP contribution in [0.15, 0.2) is 41.4 Å². The molecule has 0 aromatic heterocycles. The summed E-state index contributed by atoms with van der Waals surface area (Å²) in [6.45, 7) is 15.2. The zero-order valence-corrected chi connectivity index (χ0v) is 23.7. The van der Waals surface area contributed by atoms with E-state index in [0.29, 0.717) is 40.6 Å². The zero-order chi connectivity index (χ0) is 29.0. The van der Waals surface area contributed by atoms with Crippen LogP contribution < -0.4 is 31.1 Å². The van der Waals surface area contributed by atoms with Crippen LogP contribution in [-0.4, -0.2) is 52.8 Å². The van der Waals surface area contributed by atoms with Crippen molar-refractivity contribution in [2.24, 2.45) is 10.4 Å². The molecule has 2 rings (SSSR count). The maximum absolute atomic E-state index is 14.7. The van der Waals surface area contributed by atoms with Gasteiger partial charge in [-0.15, -0.1) is 0 Å². The Morgan fingerprint density at radius 1 is 1.08 bits per heavy atom. The van der Waals surface area contributed by atoms with E-state index in [-0.39, 0.29) is 0 Å². The van der Waals surface area contributed by atoms with E-state index in [9.17, 15) is 9.18 Å². The summed E-state index contributed by atoms with van der Waals surface area (Å²) >= 11 is 0. The summed E-state index contributed by atoms with van der Waals surface area (Å²) in [7, 11) is 3.43. The number of hydrogen-bond donors (Lipinski definition) is 3. The van der Waals surface area contributed by atoms with Gasteiger partial charge in [-0.05, 0) is 61.2 Å². The Balaban J connectivity index is 0.000000956. The lowest BCUT2D eigenvalue weighted by atomic mass is 9.92. The maximum atomic E-state index is 14.7. The Morgan fingerprint density at radius 2 is 1.68 bits per heavy atom. The molecule has 0 bridgehead atoms. The number of carbonyl (C=O) groups excluding carboxylic acids is 2. The molecular weight excluding hydrogens is 487 g/mol. The summed E-state index contributed by atoms with van der Waals surface area (Å²) in [5, 5.41) is 9.62. The van der Waals surface area contributed by atoms with Crippen molar-refractivity contribution in [3.8, 4) is 5.75 Å². The first-order valence-corrected chi connectivity index (χ1v) is 12.3. The predicted octanol–water partition coefficient (Wildman–Crippen LogP) is 3.95. The van der Waals surface area contributed by atoms with Crippen LogP contribution in [0.1, 0.15) is 41.0 Å². The zero-order valence-electron chi connectivity index (χ0n) is 23.7. The molecule has 2 aromatic rings. The maximum Gasteiger partial charge on any atom is 0.207 e. The molecule has 0 aliphatic carbocycles. The normalized spacial score (nSPS) is 11.3. The SMILES string of the molecule is C=c1cc(OCCOC)cc(F)/c1=C(/N=C\C)Nc1ccc(NC)cc1.CC(C)(C)CCNC=O.CC=O. The van der Waals surface area contributed by atoms with Gasteiger partial charge in [0, 0.05) is 44.4 Å². The standard InChI is InChI=1S/C20H24FN3O2.C7H15NO.C2H4O/c1-5-23-20(24-16-8-6-15(22-3)7-9-16)19-14(2)12-17(13-18(19)21)26-11-10-25-4;1-7(2,3)4-5-8-6-9;1-2-3/h5-9,12-13,22,24H,2,10-11H2,1,3-4H3;6H,4-5H2,1-3H3,(H,8,9);2H,1H3/b20-19-,23-5-;;. The number of anilines is 2. The van der Waals surface area contributed by atoms with Crippen molar-refractivity contribution in [2.75, 3.05) is 44.5 Å². The number of aldehydes is 1. The molecule has 0 spiro atoms. The monoisotopic (exact) mass is 530 g/mol. The number of carbonyl (C=O) groups is 2. The molecule has 0 unspecified atom stereocenters. The largest absolute Gasteiger partial charge is 0.491 e. The fraction of sp³-hybridized carbons (Fsp3) is 0.414. The number of amides is 1. The Bertz CT molecular complexity index is 1100. The van der Waals surface area contributed by atoms with Crippen molar-refractivity contribution in [2.45, 2.75) is 41.0 Å². The highest BCUT2D eigenvalue weighted by Crippen LogP contribution is 2.17. The number of rotatable bonds is 11. The minimum atomic E-state index is -0.454. The van der Waals surface area contributed by atoms with Gasteiger partial charge in [0.2, 0.25) is 6.41 Å². The quantitative estimate of drug-likeness (QED) is 0.231. The molecule has 0 fully saturated rings. The van der Waals surface area contributed by atoms with Crippen LogP contribution in [0.2, 0.25) is 0 Å². The molecule has 2 aromatic carbocycles. The first-order chi connectivity index (χ1) is 18.1. The lowest BCUT2D eigenvalue weighted by Gasteiger charge is -2.16. The summed E-state index contributed by atoms with van der Waals surface area (Å²) in [5.74, 6) is 0.340. The van der Waals surface area contributed by atoms with E-state index in [1.165, 1.54) is 13.0 Å². The number of benzene rings is 2. The van der Waals surface area contributed by atoms with Gasteiger partial charge in [0.15, 0.2) is 0 Å². The Hall–Kier alpha value is -3.72. The molecule has 1 amide bonds. The number of hydrogen-bond acceptors (Lipinski definition) is 7. The third kappa shape index (κ3) is 14.7. The molecule has 0 saturated heterocycles. The third-order valence-electron chi connectivity index (χ3n) is 4.74. The second-order valence-corrected chi connectivity index (χ2v) is 9.09. The van der Waals surface area contributed by atoms with Gasteiger partial charge < -0.3 is 30.2 Å². The molecular formula is C29H43FN4O4. The Morgan fingerprint density at radius 3 is 2.16 bits per heavy atom. The smallest absolute Gasteiger partial charge is 0.207 e. The van der Waals surface area contributed by atoms with Crippen LogP contribution in [0, 0.1) is 11.2 Å². The predicted molar refractivity (Wildman–Crippen MR) is 156 cm³/mol. The topological polar surface area (TPSA) is 101 Å². The van der Waals surface area contributed by atoms with Gasteiger partial charge in [0.1, 0.15) is 30.3 Å². The number of aliphatic imine (C=N–C) groups is 1. The van der Waals surface area contributed by atoms with Crippen molar-refractivity contribution in [3.05, 3.63) is 52.7 Å². The molecule has 38 heavy (non-hydrogen) atoms. The van der Waals surface area contributed by atoms with Gasteiger partial charge in [-0.25, -0.2) is 9.38 Å². The fourth-order valence-electron chi connectivity index (χ4n) is 2.88. The molecule has 3 N–H and O–H groups in total. The number of halogens is 1. The highest BCUT2D eigenvalue weighted by Gasteiger charge is 2.08. The molecule has 210 valence electrons. The average Bonchev–Trinajstić information content (AvgIpc) is 2.85. The van der Waals surface area contributed by atoms with E-state index >= 15 is 0 Å². The summed E-state index contributed by atoms with van der Waals surface area (Å²) in [5.41, 5.74) is 2.11. The lowest BCUT2D eigenvalue weighted by molar-refractivity contribution is -0.109. The van der Waals surface area contributed by atoms with Crippen molar-refractivity contribution in [1.29, 1.82) is 0 Å². The van der Waals surface area contributed by atoms with Crippen LogP contribution in [0.3, 0.4) is 0 Å².